The number of nitrogens with zero attached hydrogens (tertiary/aromatic N) is 1. The lowest BCUT2D eigenvalue weighted by atomic mass is 9.81. The number of benzene rings is 1. The first-order valence-corrected chi connectivity index (χ1v) is 9.04. The molecule has 1 aliphatic rings. The fourth-order valence-electron chi connectivity index (χ4n) is 3.08. The van der Waals surface area contributed by atoms with Crippen molar-refractivity contribution in [1.29, 1.82) is 0 Å². The maximum atomic E-state index is 12.5. The Labute approximate surface area is 145 Å². The molecular formula is C19H31N3O2. The zero-order chi connectivity index (χ0) is 17.4. The zero-order valence-corrected chi connectivity index (χ0v) is 15.0. The second-order valence-electron chi connectivity index (χ2n) is 6.55. The van der Waals surface area contributed by atoms with Gasteiger partial charge in [-0.2, -0.15) is 0 Å². The van der Waals surface area contributed by atoms with E-state index in [0.717, 1.165) is 57.8 Å². The number of rotatable bonds is 8. The van der Waals surface area contributed by atoms with Gasteiger partial charge in [0.2, 0.25) is 5.91 Å². The Bertz CT molecular complexity index is 498. The van der Waals surface area contributed by atoms with Crippen LogP contribution < -0.4 is 11.1 Å². The highest BCUT2D eigenvalue weighted by Gasteiger charge is 2.33. The number of nitrogens with two attached hydrogens (primary N) is 1. The molecule has 0 spiro atoms. The van der Waals surface area contributed by atoms with Crippen LogP contribution in [0.15, 0.2) is 24.3 Å². The van der Waals surface area contributed by atoms with Crippen molar-refractivity contribution >= 4 is 11.6 Å². The molecule has 1 heterocycles. The fraction of sp³-hybridized carbons (Fsp3) is 0.632. The van der Waals surface area contributed by atoms with Gasteiger partial charge in [0.1, 0.15) is 0 Å². The standard InChI is InChI=1S/C19H31N3O2/c1-3-19(4-2,15-20)18(23)21-17-7-5-16(6-8-17)9-10-22-11-13-24-14-12-22/h5-8H,3-4,9-15,20H2,1-2H3,(H,21,23). The largest absolute Gasteiger partial charge is 0.379 e. The normalized spacial score (nSPS) is 16.1. The van der Waals surface area contributed by atoms with Crippen LogP contribution in [0.3, 0.4) is 0 Å². The van der Waals surface area contributed by atoms with Crippen LogP contribution >= 0.6 is 0 Å². The number of hydrogen-bond donors (Lipinski definition) is 2. The third kappa shape index (κ3) is 4.79. The van der Waals surface area contributed by atoms with Crippen molar-refractivity contribution in [3.05, 3.63) is 29.8 Å². The predicted octanol–water partition coefficient (Wildman–Crippen LogP) is 2.26. The van der Waals surface area contributed by atoms with E-state index in [1.165, 1.54) is 5.56 Å². The van der Waals surface area contributed by atoms with E-state index in [9.17, 15) is 4.79 Å². The Morgan fingerprint density at radius 1 is 1.21 bits per heavy atom. The SMILES string of the molecule is CCC(CC)(CN)C(=O)Nc1ccc(CCN2CCOCC2)cc1. The smallest absolute Gasteiger partial charge is 0.231 e. The minimum absolute atomic E-state index is 0.0241. The molecule has 1 aromatic carbocycles. The number of carbonyl (C=O) groups is 1. The van der Waals surface area contributed by atoms with E-state index >= 15 is 0 Å². The third-order valence-corrected chi connectivity index (χ3v) is 5.26. The lowest BCUT2D eigenvalue weighted by Crippen LogP contribution is -2.41. The van der Waals surface area contributed by atoms with Gasteiger partial charge in [-0.05, 0) is 37.0 Å². The molecule has 1 aliphatic heterocycles. The van der Waals surface area contributed by atoms with Crippen molar-refractivity contribution in [3.8, 4) is 0 Å². The van der Waals surface area contributed by atoms with Crippen molar-refractivity contribution in [2.75, 3.05) is 44.7 Å². The van der Waals surface area contributed by atoms with Crippen molar-refractivity contribution in [2.24, 2.45) is 11.1 Å². The zero-order valence-electron chi connectivity index (χ0n) is 15.0. The molecule has 0 aromatic heterocycles. The Balaban J connectivity index is 1.88. The molecule has 0 unspecified atom stereocenters. The van der Waals surface area contributed by atoms with Gasteiger partial charge in [0.25, 0.3) is 0 Å². The number of amides is 1. The van der Waals surface area contributed by atoms with E-state index in [2.05, 4.69) is 22.3 Å². The van der Waals surface area contributed by atoms with Gasteiger partial charge in [0.15, 0.2) is 0 Å². The van der Waals surface area contributed by atoms with Crippen LogP contribution in [0.25, 0.3) is 0 Å². The molecule has 0 atom stereocenters. The summed E-state index contributed by atoms with van der Waals surface area (Å²) in [5, 5.41) is 3.02. The summed E-state index contributed by atoms with van der Waals surface area (Å²) in [5.41, 5.74) is 7.51. The van der Waals surface area contributed by atoms with Crippen LogP contribution in [-0.4, -0.2) is 50.2 Å². The molecule has 134 valence electrons. The fourth-order valence-corrected chi connectivity index (χ4v) is 3.08. The first-order chi connectivity index (χ1) is 11.6. The summed E-state index contributed by atoms with van der Waals surface area (Å²) in [7, 11) is 0. The highest BCUT2D eigenvalue weighted by Crippen LogP contribution is 2.27. The van der Waals surface area contributed by atoms with Gasteiger partial charge in [-0.15, -0.1) is 0 Å². The molecule has 3 N–H and O–H groups in total. The van der Waals surface area contributed by atoms with E-state index in [-0.39, 0.29) is 5.91 Å². The van der Waals surface area contributed by atoms with E-state index in [1.807, 2.05) is 26.0 Å². The highest BCUT2D eigenvalue weighted by molar-refractivity contribution is 5.95. The molecule has 1 amide bonds. The molecule has 2 rings (SSSR count). The second kappa shape index (κ2) is 9.16. The summed E-state index contributed by atoms with van der Waals surface area (Å²) in [6, 6.07) is 8.16. The van der Waals surface area contributed by atoms with Crippen LogP contribution in [0.1, 0.15) is 32.3 Å². The number of ether oxygens (including phenoxy) is 1. The van der Waals surface area contributed by atoms with E-state index in [4.69, 9.17) is 10.5 Å². The van der Waals surface area contributed by atoms with Crippen molar-refractivity contribution in [1.82, 2.24) is 4.90 Å². The maximum Gasteiger partial charge on any atom is 0.231 e. The van der Waals surface area contributed by atoms with Crippen LogP contribution in [0.2, 0.25) is 0 Å². The lowest BCUT2D eigenvalue weighted by molar-refractivity contribution is -0.125. The number of carbonyl (C=O) groups excluding carboxylic acids is 1. The van der Waals surface area contributed by atoms with E-state index in [0.29, 0.717) is 6.54 Å². The Kier molecular flexibility index (Phi) is 7.21. The summed E-state index contributed by atoms with van der Waals surface area (Å²) >= 11 is 0. The average Bonchev–Trinajstić information content (AvgIpc) is 2.64. The summed E-state index contributed by atoms with van der Waals surface area (Å²) in [6.07, 6.45) is 2.53. The summed E-state index contributed by atoms with van der Waals surface area (Å²) in [4.78, 5) is 15.0. The minimum Gasteiger partial charge on any atom is -0.379 e. The molecule has 0 saturated carbocycles. The molecule has 5 heteroatoms. The molecule has 24 heavy (non-hydrogen) atoms. The van der Waals surface area contributed by atoms with Gasteiger partial charge in [0.05, 0.1) is 18.6 Å². The number of nitrogens with one attached hydrogen (secondary N) is 1. The first kappa shape index (κ1) is 18.9. The van der Waals surface area contributed by atoms with E-state index in [1.54, 1.807) is 0 Å². The van der Waals surface area contributed by atoms with E-state index < -0.39 is 5.41 Å². The van der Waals surface area contributed by atoms with Gasteiger partial charge in [-0.25, -0.2) is 0 Å². The minimum atomic E-state index is -0.463. The number of morpholine rings is 1. The number of anilines is 1. The maximum absolute atomic E-state index is 12.5. The van der Waals surface area contributed by atoms with Gasteiger partial charge in [-0.1, -0.05) is 26.0 Å². The van der Waals surface area contributed by atoms with Gasteiger partial charge >= 0.3 is 0 Å². The van der Waals surface area contributed by atoms with Gasteiger partial charge in [0, 0.05) is 31.9 Å². The molecule has 0 radical (unpaired) electrons. The van der Waals surface area contributed by atoms with Gasteiger partial charge in [-0.3, -0.25) is 9.69 Å². The Morgan fingerprint density at radius 3 is 2.38 bits per heavy atom. The topological polar surface area (TPSA) is 67.6 Å². The monoisotopic (exact) mass is 333 g/mol. The molecule has 0 aliphatic carbocycles. The van der Waals surface area contributed by atoms with Gasteiger partial charge < -0.3 is 15.8 Å². The van der Waals surface area contributed by atoms with Crippen LogP contribution in [0.4, 0.5) is 5.69 Å². The molecule has 1 fully saturated rings. The highest BCUT2D eigenvalue weighted by atomic mass is 16.5. The van der Waals surface area contributed by atoms with Crippen molar-refractivity contribution < 1.29 is 9.53 Å². The Hall–Kier alpha value is -1.43. The van der Waals surface area contributed by atoms with Crippen LogP contribution in [0, 0.1) is 5.41 Å². The average molecular weight is 333 g/mol. The quantitative estimate of drug-likeness (QED) is 0.766. The molecule has 5 nitrogen and oxygen atoms in total. The van der Waals surface area contributed by atoms with Crippen LogP contribution in [-0.2, 0) is 16.0 Å². The third-order valence-electron chi connectivity index (χ3n) is 5.26. The number of hydrogen-bond acceptors (Lipinski definition) is 4. The summed E-state index contributed by atoms with van der Waals surface area (Å²) in [5.74, 6) is 0.0241. The Morgan fingerprint density at radius 2 is 1.83 bits per heavy atom. The summed E-state index contributed by atoms with van der Waals surface area (Å²) in [6.45, 7) is 9.17. The lowest BCUT2D eigenvalue weighted by Gasteiger charge is -2.28. The van der Waals surface area contributed by atoms with Crippen LogP contribution in [0.5, 0.6) is 0 Å². The molecular weight excluding hydrogens is 302 g/mol. The predicted molar refractivity (Wildman–Crippen MR) is 98.1 cm³/mol. The summed E-state index contributed by atoms with van der Waals surface area (Å²) < 4.78 is 5.37. The molecule has 1 aromatic rings. The van der Waals surface area contributed by atoms with Crippen molar-refractivity contribution in [2.45, 2.75) is 33.1 Å². The molecule has 0 bridgehead atoms. The molecule has 1 saturated heterocycles. The van der Waals surface area contributed by atoms with Crippen molar-refractivity contribution in [3.63, 3.8) is 0 Å². The first-order valence-electron chi connectivity index (χ1n) is 9.04. The second-order valence-corrected chi connectivity index (χ2v) is 6.55.